The van der Waals surface area contributed by atoms with Gasteiger partial charge in [-0.05, 0) is 32.1 Å². The van der Waals surface area contributed by atoms with Crippen molar-refractivity contribution in [1.82, 2.24) is 0 Å². The number of fused-ring (bicyclic) bond motifs is 1. The zero-order valence-corrected chi connectivity index (χ0v) is 8.87. The van der Waals surface area contributed by atoms with Gasteiger partial charge in [-0.2, -0.15) is 0 Å². The SMILES string of the molecule is COC12OC(C)(C)C=C1C(=O)C=CC2=O. The van der Waals surface area contributed by atoms with Gasteiger partial charge in [0.25, 0.3) is 5.79 Å². The van der Waals surface area contributed by atoms with Crippen molar-refractivity contribution in [2.75, 3.05) is 7.11 Å². The normalized spacial score (nSPS) is 32.9. The molecule has 1 heterocycles. The Morgan fingerprint density at radius 2 is 1.93 bits per heavy atom. The van der Waals surface area contributed by atoms with Crippen LogP contribution in [-0.2, 0) is 19.1 Å². The predicted octanol–water partition coefficient (Wildman–Crippen LogP) is 0.772. The molecule has 0 N–H and O–H groups in total. The molecule has 2 aliphatic rings. The quantitative estimate of drug-likeness (QED) is 0.638. The predicted molar refractivity (Wildman–Crippen MR) is 52.1 cm³/mol. The van der Waals surface area contributed by atoms with Gasteiger partial charge < -0.3 is 9.47 Å². The van der Waals surface area contributed by atoms with E-state index in [9.17, 15) is 9.59 Å². The lowest BCUT2D eigenvalue weighted by Crippen LogP contribution is -2.47. The lowest BCUT2D eigenvalue weighted by Gasteiger charge is -2.31. The number of carbonyl (C=O) groups is 2. The average molecular weight is 208 g/mol. The number of allylic oxidation sites excluding steroid dienone is 1. The molecule has 80 valence electrons. The molecule has 0 saturated carbocycles. The highest BCUT2D eigenvalue weighted by Crippen LogP contribution is 2.40. The smallest absolute Gasteiger partial charge is 0.264 e. The molecule has 15 heavy (non-hydrogen) atoms. The molecule has 0 fully saturated rings. The third kappa shape index (κ3) is 1.29. The lowest BCUT2D eigenvalue weighted by atomic mass is 9.92. The van der Waals surface area contributed by atoms with Crippen LogP contribution in [-0.4, -0.2) is 30.1 Å². The summed E-state index contributed by atoms with van der Waals surface area (Å²) in [5.41, 5.74) is -0.384. The third-order valence-electron chi connectivity index (χ3n) is 2.52. The summed E-state index contributed by atoms with van der Waals surface area (Å²) in [5.74, 6) is -2.10. The number of hydrogen-bond donors (Lipinski definition) is 0. The number of methoxy groups -OCH3 is 1. The Hall–Kier alpha value is -1.26. The average Bonchev–Trinajstić information content (AvgIpc) is 2.46. The summed E-state index contributed by atoms with van der Waals surface area (Å²) in [6, 6.07) is 0. The molecule has 1 aliphatic carbocycles. The summed E-state index contributed by atoms with van der Waals surface area (Å²) in [6.45, 7) is 3.55. The van der Waals surface area contributed by atoms with Gasteiger partial charge in [0, 0.05) is 7.11 Å². The van der Waals surface area contributed by atoms with Crippen LogP contribution in [0.25, 0.3) is 0 Å². The molecule has 0 aromatic carbocycles. The number of rotatable bonds is 1. The van der Waals surface area contributed by atoms with E-state index in [2.05, 4.69) is 0 Å². The van der Waals surface area contributed by atoms with Crippen molar-refractivity contribution in [3.8, 4) is 0 Å². The first-order valence-electron chi connectivity index (χ1n) is 4.67. The van der Waals surface area contributed by atoms with E-state index in [0.29, 0.717) is 0 Å². The van der Waals surface area contributed by atoms with E-state index in [1.165, 1.54) is 19.3 Å². The van der Waals surface area contributed by atoms with E-state index in [1.54, 1.807) is 19.9 Å². The van der Waals surface area contributed by atoms with Gasteiger partial charge in [0.1, 0.15) is 0 Å². The molecule has 0 amide bonds. The molecule has 0 aromatic rings. The number of carbonyl (C=O) groups excluding carboxylic acids is 2. The standard InChI is InChI=1S/C11H12O4/c1-10(2)6-7-8(12)4-5-9(13)11(7,14-3)15-10/h4-6H,1-3H3. The van der Waals surface area contributed by atoms with Crippen molar-refractivity contribution in [3.05, 3.63) is 23.8 Å². The van der Waals surface area contributed by atoms with Crippen molar-refractivity contribution in [3.63, 3.8) is 0 Å². The van der Waals surface area contributed by atoms with Gasteiger partial charge >= 0.3 is 0 Å². The summed E-state index contributed by atoms with van der Waals surface area (Å²) in [6.07, 6.45) is 4.08. The topological polar surface area (TPSA) is 52.6 Å². The van der Waals surface area contributed by atoms with Crippen LogP contribution in [0.3, 0.4) is 0 Å². The second-order valence-corrected chi connectivity index (χ2v) is 4.15. The van der Waals surface area contributed by atoms with Gasteiger partial charge in [-0.3, -0.25) is 9.59 Å². The molecule has 0 radical (unpaired) electrons. The number of hydrogen-bond acceptors (Lipinski definition) is 4. The minimum atomic E-state index is -1.52. The zero-order valence-electron chi connectivity index (χ0n) is 8.87. The highest BCUT2D eigenvalue weighted by Gasteiger charge is 2.54. The Morgan fingerprint density at radius 1 is 1.27 bits per heavy atom. The fraction of sp³-hybridized carbons (Fsp3) is 0.455. The first-order valence-corrected chi connectivity index (χ1v) is 4.67. The monoisotopic (exact) mass is 208 g/mol. The molecule has 1 atom stereocenters. The van der Waals surface area contributed by atoms with Crippen LogP contribution in [0.5, 0.6) is 0 Å². The van der Waals surface area contributed by atoms with Gasteiger partial charge in [-0.1, -0.05) is 0 Å². The number of ketones is 2. The Morgan fingerprint density at radius 3 is 2.47 bits per heavy atom. The highest BCUT2D eigenvalue weighted by molar-refractivity contribution is 6.19. The molecule has 2 rings (SSSR count). The highest BCUT2D eigenvalue weighted by atomic mass is 16.7. The summed E-state index contributed by atoms with van der Waals surface area (Å²) in [7, 11) is 1.36. The summed E-state index contributed by atoms with van der Waals surface area (Å²) < 4.78 is 10.6. The Kier molecular flexibility index (Phi) is 1.96. The van der Waals surface area contributed by atoms with Gasteiger partial charge in [0.05, 0.1) is 11.2 Å². The maximum Gasteiger partial charge on any atom is 0.264 e. The molecule has 0 saturated heterocycles. The first kappa shape index (κ1) is 10.3. The molecule has 0 spiro atoms. The molecule has 1 aliphatic heterocycles. The van der Waals surface area contributed by atoms with Gasteiger partial charge in [-0.15, -0.1) is 0 Å². The van der Waals surface area contributed by atoms with Crippen LogP contribution in [0.2, 0.25) is 0 Å². The minimum Gasteiger partial charge on any atom is -0.343 e. The van der Waals surface area contributed by atoms with E-state index < -0.39 is 11.4 Å². The molecular formula is C11H12O4. The van der Waals surface area contributed by atoms with Gasteiger partial charge in [0.15, 0.2) is 5.78 Å². The fourth-order valence-electron chi connectivity index (χ4n) is 1.92. The largest absolute Gasteiger partial charge is 0.343 e. The minimum absolute atomic E-state index is 0.234. The Balaban J connectivity index is 2.58. The van der Waals surface area contributed by atoms with E-state index in [0.717, 1.165) is 0 Å². The maximum absolute atomic E-state index is 11.7. The van der Waals surface area contributed by atoms with Crippen LogP contribution in [0.1, 0.15) is 13.8 Å². The van der Waals surface area contributed by atoms with Crippen molar-refractivity contribution in [2.24, 2.45) is 0 Å². The third-order valence-corrected chi connectivity index (χ3v) is 2.52. The second-order valence-electron chi connectivity index (χ2n) is 4.15. The van der Waals surface area contributed by atoms with E-state index >= 15 is 0 Å². The van der Waals surface area contributed by atoms with E-state index in [4.69, 9.17) is 9.47 Å². The summed E-state index contributed by atoms with van der Waals surface area (Å²) >= 11 is 0. The molecule has 4 nitrogen and oxygen atoms in total. The van der Waals surface area contributed by atoms with Gasteiger partial charge in [0.2, 0.25) is 5.78 Å². The molecule has 1 unspecified atom stereocenters. The molecule has 0 aromatic heterocycles. The van der Waals surface area contributed by atoms with E-state index in [1.807, 2.05) is 0 Å². The van der Waals surface area contributed by atoms with Crippen molar-refractivity contribution >= 4 is 11.6 Å². The van der Waals surface area contributed by atoms with Crippen LogP contribution in [0.15, 0.2) is 23.8 Å². The lowest BCUT2D eigenvalue weighted by molar-refractivity contribution is -0.213. The number of ether oxygens (including phenoxy) is 2. The van der Waals surface area contributed by atoms with Crippen molar-refractivity contribution in [2.45, 2.75) is 25.2 Å². The van der Waals surface area contributed by atoms with E-state index in [-0.39, 0.29) is 17.1 Å². The fourth-order valence-corrected chi connectivity index (χ4v) is 1.92. The van der Waals surface area contributed by atoms with Crippen LogP contribution < -0.4 is 0 Å². The van der Waals surface area contributed by atoms with Gasteiger partial charge in [-0.25, -0.2) is 0 Å². The zero-order chi connectivity index (χ0) is 11.3. The molecular weight excluding hydrogens is 196 g/mol. The van der Waals surface area contributed by atoms with Crippen molar-refractivity contribution < 1.29 is 19.1 Å². The van der Waals surface area contributed by atoms with Crippen LogP contribution in [0.4, 0.5) is 0 Å². The maximum atomic E-state index is 11.7. The summed E-state index contributed by atoms with van der Waals surface area (Å²) in [5, 5.41) is 0. The molecule has 4 heteroatoms. The Labute approximate surface area is 87.5 Å². The van der Waals surface area contributed by atoms with Crippen LogP contribution >= 0.6 is 0 Å². The van der Waals surface area contributed by atoms with Crippen LogP contribution in [0, 0.1) is 0 Å². The molecule has 0 bridgehead atoms. The summed E-state index contributed by atoms with van der Waals surface area (Å²) in [4.78, 5) is 23.3. The van der Waals surface area contributed by atoms with Crippen molar-refractivity contribution in [1.29, 1.82) is 0 Å². The second kappa shape index (κ2) is 2.87. The first-order chi connectivity index (χ1) is 6.91. The Bertz CT molecular complexity index is 403.